The summed E-state index contributed by atoms with van der Waals surface area (Å²) in [5, 5.41) is 19.9. The Morgan fingerprint density at radius 3 is 2.75 bits per heavy atom. The zero-order valence-electron chi connectivity index (χ0n) is 14.8. The topological polar surface area (TPSA) is 66.8 Å². The second kappa shape index (κ2) is 7.49. The molecule has 132 valence electrons. The van der Waals surface area contributed by atoms with Crippen LogP contribution in [0.2, 0.25) is 0 Å². The van der Waals surface area contributed by atoms with E-state index in [1.807, 2.05) is 13.0 Å². The number of aliphatic hydroxyl groups is 2. The lowest BCUT2D eigenvalue weighted by atomic mass is 9.76. The molecule has 0 aromatic rings. The van der Waals surface area contributed by atoms with E-state index in [1.165, 1.54) is 0 Å². The summed E-state index contributed by atoms with van der Waals surface area (Å²) in [6.07, 6.45) is 8.59. The van der Waals surface area contributed by atoms with Crippen LogP contribution < -0.4 is 0 Å². The van der Waals surface area contributed by atoms with E-state index >= 15 is 0 Å². The maximum absolute atomic E-state index is 12.3. The summed E-state index contributed by atoms with van der Waals surface area (Å²) >= 11 is 0. The molecular weight excluding hydrogens is 304 g/mol. The van der Waals surface area contributed by atoms with Gasteiger partial charge in [-0.3, -0.25) is 0 Å². The van der Waals surface area contributed by atoms with Crippen LogP contribution in [0.4, 0.5) is 0 Å². The van der Waals surface area contributed by atoms with E-state index in [0.717, 1.165) is 24.0 Å². The zero-order valence-corrected chi connectivity index (χ0v) is 14.8. The molecule has 1 saturated heterocycles. The maximum atomic E-state index is 12.3. The minimum Gasteiger partial charge on any atom is -0.462 e. The minimum atomic E-state index is -0.930. The van der Waals surface area contributed by atoms with Crippen molar-refractivity contribution < 1.29 is 19.7 Å². The fraction of sp³-hybridized carbons (Fsp3) is 0.550. The Kier molecular flexibility index (Phi) is 5.83. The van der Waals surface area contributed by atoms with Crippen LogP contribution in [0.25, 0.3) is 0 Å². The van der Waals surface area contributed by atoms with E-state index in [4.69, 9.17) is 4.74 Å². The average Bonchev–Trinajstić information content (AvgIpc) is 2.49. The normalized spacial score (nSPS) is 31.1. The molecular formula is C20H28O4. The molecule has 2 N–H and O–H groups in total. The highest BCUT2D eigenvalue weighted by Gasteiger charge is 2.37. The van der Waals surface area contributed by atoms with Crippen LogP contribution in [-0.2, 0) is 9.53 Å². The van der Waals surface area contributed by atoms with Crippen molar-refractivity contribution in [1.82, 2.24) is 0 Å². The van der Waals surface area contributed by atoms with Crippen LogP contribution in [0.5, 0.6) is 0 Å². The molecule has 1 heterocycles. The van der Waals surface area contributed by atoms with Gasteiger partial charge in [0, 0.05) is 17.4 Å². The highest BCUT2D eigenvalue weighted by molar-refractivity contribution is 5.90. The molecule has 4 heteroatoms. The summed E-state index contributed by atoms with van der Waals surface area (Å²) in [6.45, 7) is 9.82. The number of aliphatic hydroxyl groups excluding tert-OH is 1. The maximum Gasteiger partial charge on any atom is 0.334 e. The molecule has 0 saturated carbocycles. The van der Waals surface area contributed by atoms with Gasteiger partial charge < -0.3 is 14.9 Å². The van der Waals surface area contributed by atoms with Crippen molar-refractivity contribution in [3.63, 3.8) is 0 Å². The van der Waals surface area contributed by atoms with Crippen molar-refractivity contribution in [2.24, 2.45) is 11.8 Å². The number of fused-ring (bicyclic) bond motifs is 1. The van der Waals surface area contributed by atoms with Crippen molar-refractivity contribution in [2.45, 2.75) is 51.7 Å². The monoisotopic (exact) mass is 332 g/mol. The Bertz CT molecular complexity index is 589. The molecule has 1 fully saturated rings. The summed E-state index contributed by atoms with van der Waals surface area (Å²) in [7, 11) is 0. The molecule has 0 spiro atoms. The Balaban J connectivity index is 2.32. The second-order valence-corrected chi connectivity index (χ2v) is 7.43. The lowest BCUT2D eigenvalue weighted by Crippen LogP contribution is -2.34. The highest BCUT2D eigenvalue weighted by atomic mass is 16.5. The zero-order chi connectivity index (χ0) is 17.9. The van der Waals surface area contributed by atoms with Gasteiger partial charge >= 0.3 is 5.97 Å². The molecule has 3 atom stereocenters. The van der Waals surface area contributed by atoms with E-state index in [2.05, 4.69) is 6.58 Å². The number of hydrogen-bond acceptors (Lipinski definition) is 4. The fourth-order valence-corrected chi connectivity index (χ4v) is 3.34. The molecule has 0 aromatic heterocycles. The number of carbonyl (C=O) groups excluding carboxylic acids is 1. The average molecular weight is 332 g/mol. The number of hydrogen-bond donors (Lipinski definition) is 2. The summed E-state index contributed by atoms with van der Waals surface area (Å²) in [6, 6.07) is 0. The smallest absolute Gasteiger partial charge is 0.334 e. The third kappa shape index (κ3) is 4.92. The van der Waals surface area contributed by atoms with Crippen molar-refractivity contribution in [3.05, 3.63) is 47.6 Å². The van der Waals surface area contributed by atoms with E-state index < -0.39 is 11.7 Å². The first kappa shape index (κ1) is 18.7. The predicted molar refractivity (Wildman–Crippen MR) is 94.2 cm³/mol. The van der Waals surface area contributed by atoms with Crippen LogP contribution in [0.15, 0.2) is 47.6 Å². The van der Waals surface area contributed by atoms with Gasteiger partial charge in [0.15, 0.2) is 0 Å². The number of carbonyl (C=O) groups is 1. The third-order valence-corrected chi connectivity index (χ3v) is 4.62. The Morgan fingerprint density at radius 1 is 1.38 bits per heavy atom. The number of esters is 1. The largest absolute Gasteiger partial charge is 0.462 e. The Morgan fingerprint density at radius 2 is 2.08 bits per heavy atom. The van der Waals surface area contributed by atoms with Gasteiger partial charge in [-0.05, 0) is 40.0 Å². The minimum absolute atomic E-state index is 0.0263. The molecule has 0 bridgehead atoms. The van der Waals surface area contributed by atoms with E-state index in [9.17, 15) is 15.0 Å². The van der Waals surface area contributed by atoms with Gasteiger partial charge in [0.25, 0.3) is 0 Å². The fourth-order valence-electron chi connectivity index (χ4n) is 3.34. The Labute approximate surface area is 144 Å². The number of cyclic esters (lactones) is 1. The number of allylic oxidation sites excluding steroid dienone is 3. The SMILES string of the molecule is C=C1C[C@@H](O)C=C(C)CC[C@@H]2/C(=C/C=C/C(C)(C)O)C(=O)OC[C@@H]12. The molecule has 4 nitrogen and oxygen atoms in total. The van der Waals surface area contributed by atoms with Crippen molar-refractivity contribution in [1.29, 1.82) is 0 Å². The van der Waals surface area contributed by atoms with Gasteiger partial charge in [-0.25, -0.2) is 4.79 Å². The molecule has 2 rings (SSSR count). The predicted octanol–water partition coefficient (Wildman–Crippen LogP) is 3.08. The van der Waals surface area contributed by atoms with Gasteiger partial charge in [-0.15, -0.1) is 0 Å². The highest BCUT2D eigenvalue weighted by Crippen LogP contribution is 2.38. The first-order valence-electron chi connectivity index (χ1n) is 8.49. The van der Waals surface area contributed by atoms with Crippen molar-refractivity contribution in [2.75, 3.05) is 6.61 Å². The standard InChI is InChI=1S/C20H28O4/c1-13-7-8-16-17(6-5-9-20(3,4)23)19(22)24-12-18(16)14(2)11-15(21)10-13/h5-6,9-10,15-16,18,21,23H,2,7-8,11-12H2,1,3-4H3/b9-5+,13-10?,17-6-/t15-,16+,18-/m0/s1. The third-order valence-electron chi connectivity index (χ3n) is 4.62. The Hall–Kier alpha value is -1.65. The summed E-state index contributed by atoms with van der Waals surface area (Å²) in [5.74, 6) is -0.247. The molecule has 0 amide bonds. The van der Waals surface area contributed by atoms with Crippen LogP contribution in [0, 0.1) is 11.8 Å². The van der Waals surface area contributed by atoms with E-state index in [1.54, 1.807) is 32.1 Å². The molecule has 0 radical (unpaired) electrons. The lowest BCUT2D eigenvalue weighted by molar-refractivity contribution is -0.144. The van der Waals surface area contributed by atoms with Crippen molar-refractivity contribution in [3.8, 4) is 0 Å². The quantitative estimate of drug-likeness (QED) is 0.463. The van der Waals surface area contributed by atoms with Gasteiger partial charge in [0.05, 0.1) is 18.3 Å². The lowest BCUT2D eigenvalue weighted by Gasteiger charge is -2.34. The molecule has 0 unspecified atom stereocenters. The van der Waals surface area contributed by atoms with E-state index in [-0.39, 0.29) is 17.8 Å². The first-order chi connectivity index (χ1) is 11.2. The molecule has 0 aromatic carbocycles. The van der Waals surface area contributed by atoms with Gasteiger partial charge in [-0.2, -0.15) is 0 Å². The van der Waals surface area contributed by atoms with Crippen LogP contribution in [0.3, 0.4) is 0 Å². The first-order valence-corrected chi connectivity index (χ1v) is 8.49. The van der Waals surface area contributed by atoms with E-state index in [0.29, 0.717) is 18.6 Å². The number of rotatable bonds is 2. The van der Waals surface area contributed by atoms with Crippen molar-refractivity contribution >= 4 is 5.97 Å². The van der Waals surface area contributed by atoms with Crippen LogP contribution >= 0.6 is 0 Å². The van der Waals surface area contributed by atoms with Gasteiger partial charge in [0.2, 0.25) is 0 Å². The van der Waals surface area contributed by atoms with Gasteiger partial charge in [0.1, 0.15) is 0 Å². The molecule has 2 aliphatic rings. The summed E-state index contributed by atoms with van der Waals surface area (Å²) in [4.78, 5) is 12.3. The number of ether oxygens (including phenoxy) is 1. The summed E-state index contributed by atoms with van der Waals surface area (Å²) in [5.41, 5.74) is 1.74. The molecule has 24 heavy (non-hydrogen) atoms. The second-order valence-electron chi connectivity index (χ2n) is 7.43. The van der Waals surface area contributed by atoms with Crippen LogP contribution in [0.1, 0.15) is 40.0 Å². The molecule has 1 aliphatic carbocycles. The molecule has 1 aliphatic heterocycles. The summed E-state index contributed by atoms with van der Waals surface area (Å²) < 4.78 is 5.35. The van der Waals surface area contributed by atoms with Gasteiger partial charge in [-0.1, -0.05) is 42.0 Å². The van der Waals surface area contributed by atoms with Crippen LogP contribution in [-0.4, -0.2) is 34.5 Å².